The highest BCUT2D eigenvalue weighted by atomic mass is 32.2. The SMILES string of the molecule is CCc1ccc(C(CNS(=O)(=O)c2cccc([N+](=O)[O-])c2)N(C)C)cc1. The highest BCUT2D eigenvalue weighted by molar-refractivity contribution is 7.89. The topological polar surface area (TPSA) is 92.5 Å². The van der Waals surface area contributed by atoms with E-state index in [2.05, 4.69) is 11.6 Å². The molecule has 7 nitrogen and oxygen atoms in total. The quantitative estimate of drug-likeness (QED) is 0.564. The molecule has 0 aliphatic carbocycles. The second-order valence-electron chi connectivity index (χ2n) is 6.18. The number of hydrogen-bond donors (Lipinski definition) is 1. The Balaban J connectivity index is 2.19. The van der Waals surface area contributed by atoms with Crippen molar-refractivity contribution in [3.63, 3.8) is 0 Å². The van der Waals surface area contributed by atoms with Crippen LogP contribution in [0.3, 0.4) is 0 Å². The molecule has 0 bridgehead atoms. The number of sulfonamides is 1. The smallest absolute Gasteiger partial charge is 0.270 e. The molecule has 2 aromatic rings. The molecule has 26 heavy (non-hydrogen) atoms. The summed E-state index contributed by atoms with van der Waals surface area (Å²) in [5.74, 6) is 0. The van der Waals surface area contributed by atoms with Crippen LogP contribution in [0.25, 0.3) is 0 Å². The van der Waals surface area contributed by atoms with Gasteiger partial charge in [-0.15, -0.1) is 0 Å². The third-order valence-electron chi connectivity index (χ3n) is 4.20. The van der Waals surface area contributed by atoms with Crippen LogP contribution in [0.2, 0.25) is 0 Å². The van der Waals surface area contributed by atoms with E-state index in [0.29, 0.717) is 0 Å². The predicted octanol–water partition coefficient (Wildman–Crippen LogP) is 2.74. The average Bonchev–Trinajstić information content (AvgIpc) is 2.62. The molecule has 0 aliphatic heterocycles. The molecule has 140 valence electrons. The van der Waals surface area contributed by atoms with E-state index in [1.807, 2.05) is 43.3 Å². The first-order valence-corrected chi connectivity index (χ1v) is 9.72. The van der Waals surface area contributed by atoms with Gasteiger partial charge in [0.2, 0.25) is 10.0 Å². The van der Waals surface area contributed by atoms with E-state index < -0.39 is 14.9 Å². The van der Waals surface area contributed by atoms with Crippen molar-refractivity contribution in [1.82, 2.24) is 9.62 Å². The Bertz CT molecular complexity index is 864. The van der Waals surface area contributed by atoms with Crippen LogP contribution in [-0.2, 0) is 16.4 Å². The fourth-order valence-corrected chi connectivity index (χ4v) is 3.69. The normalized spacial score (nSPS) is 12.9. The van der Waals surface area contributed by atoms with E-state index in [0.717, 1.165) is 18.1 Å². The molecule has 0 amide bonds. The van der Waals surface area contributed by atoms with Crippen LogP contribution in [0.5, 0.6) is 0 Å². The summed E-state index contributed by atoms with van der Waals surface area (Å²) in [4.78, 5) is 12.0. The van der Waals surface area contributed by atoms with Crippen LogP contribution >= 0.6 is 0 Å². The van der Waals surface area contributed by atoms with E-state index in [9.17, 15) is 18.5 Å². The Hall–Kier alpha value is -2.29. The highest BCUT2D eigenvalue weighted by Crippen LogP contribution is 2.21. The van der Waals surface area contributed by atoms with Gasteiger partial charge in [0.1, 0.15) is 0 Å². The Morgan fingerprint density at radius 1 is 1.15 bits per heavy atom. The van der Waals surface area contributed by atoms with Crippen molar-refractivity contribution < 1.29 is 13.3 Å². The van der Waals surface area contributed by atoms with Gasteiger partial charge in [0.25, 0.3) is 5.69 Å². The Labute approximate surface area is 153 Å². The van der Waals surface area contributed by atoms with Crippen molar-refractivity contribution in [2.24, 2.45) is 0 Å². The van der Waals surface area contributed by atoms with Crippen molar-refractivity contribution >= 4 is 15.7 Å². The van der Waals surface area contributed by atoms with Gasteiger partial charge in [0, 0.05) is 24.7 Å². The largest absolute Gasteiger partial charge is 0.301 e. The summed E-state index contributed by atoms with van der Waals surface area (Å²) >= 11 is 0. The molecule has 0 aromatic heterocycles. The van der Waals surface area contributed by atoms with Gasteiger partial charge in [-0.3, -0.25) is 10.1 Å². The molecule has 0 saturated heterocycles. The van der Waals surface area contributed by atoms with Gasteiger partial charge in [-0.25, -0.2) is 13.1 Å². The van der Waals surface area contributed by atoms with Crippen LogP contribution in [-0.4, -0.2) is 38.9 Å². The first-order chi connectivity index (χ1) is 12.2. The number of nitrogens with zero attached hydrogens (tertiary/aromatic N) is 2. The molecule has 2 aromatic carbocycles. The summed E-state index contributed by atoms with van der Waals surface area (Å²) in [6.45, 7) is 2.23. The molecule has 1 atom stereocenters. The fraction of sp³-hybridized carbons (Fsp3) is 0.333. The minimum Gasteiger partial charge on any atom is -0.301 e. The average molecular weight is 377 g/mol. The first-order valence-electron chi connectivity index (χ1n) is 8.24. The molecule has 0 radical (unpaired) electrons. The van der Waals surface area contributed by atoms with Gasteiger partial charge in [-0.05, 0) is 37.7 Å². The standard InChI is InChI=1S/C18H23N3O4S/c1-4-14-8-10-15(11-9-14)18(20(2)3)13-19-26(24,25)17-7-5-6-16(12-17)21(22)23/h5-12,18-19H,4,13H2,1-3H3. The lowest BCUT2D eigenvalue weighted by Gasteiger charge is -2.25. The molecule has 8 heteroatoms. The number of likely N-dealkylation sites (N-methyl/N-ethyl adjacent to an activating group) is 1. The minimum absolute atomic E-state index is 0.120. The lowest BCUT2D eigenvalue weighted by molar-refractivity contribution is -0.385. The van der Waals surface area contributed by atoms with Crippen molar-refractivity contribution in [2.45, 2.75) is 24.3 Å². The number of rotatable bonds is 8. The van der Waals surface area contributed by atoms with Gasteiger partial charge in [-0.1, -0.05) is 37.3 Å². The molecule has 1 N–H and O–H groups in total. The molecule has 0 saturated carbocycles. The molecule has 0 spiro atoms. The Morgan fingerprint density at radius 3 is 2.35 bits per heavy atom. The summed E-state index contributed by atoms with van der Waals surface area (Å²) in [7, 11) is -0.0967. The maximum atomic E-state index is 12.5. The van der Waals surface area contributed by atoms with E-state index in [1.54, 1.807) is 0 Å². The molecular weight excluding hydrogens is 354 g/mol. The van der Waals surface area contributed by atoms with Crippen LogP contribution in [0.4, 0.5) is 5.69 Å². The highest BCUT2D eigenvalue weighted by Gasteiger charge is 2.21. The van der Waals surface area contributed by atoms with Gasteiger partial charge < -0.3 is 4.90 Å². The van der Waals surface area contributed by atoms with Crippen molar-refractivity contribution in [3.8, 4) is 0 Å². The zero-order valence-corrected chi connectivity index (χ0v) is 15.9. The van der Waals surface area contributed by atoms with Crippen LogP contribution in [0.1, 0.15) is 24.1 Å². The van der Waals surface area contributed by atoms with E-state index in [4.69, 9.17) is 0 Å². The van der Waals surface area contributed by atoms with E-state index in [-0.39, 0.29) is 23.2 Å². The zero-order valence-electron chi connectivity index (χ0n) is 15.0. The summed E-state index contributed by atoms with van der Waals surface area (Å²) in [5, 5.41) is 10.9. The number of nitro benzene ring substituents is 1. The Morgan fingerprint density at radius 2 is 1.81 bits per heavy atom. The lowest BCUT2D eigenvalue weighted by atomic mass is 10.0. The molecule has 0 fully saturated rings. The third kappa shape index (κ3) is 4.87. The van der Waals surface area contributed by atoms with Gasteiger partial charge in [0.05, 0.1) is 9.82 Å². The lowest BCUT2D eigenvalue weighted by Crippen LogP contribution is -2.34. The number of aryl methyl sites for hydroxylation is 1. The van der Waals surface area contributed by atoms with Gasteiger partial charge in [0.15, 0.2) is 0 Å². The summed E-state index contributed by atoms with van der Waals surface area (Å²) < 4.78 is 27.6. The zero-order chi connectivity index (χ0) is 19.3. The van der Waals surface area contributed by atoms with Crippen LogP contribution in [0, 0.1) is 10.1 Å². The predicted molar refractivity (Wildman–Crippen MR) is 101 cm³/mol. The second-order valence-corrected chi connectivity index (χ2v) is 7.95. The van der Waals surface area contributed by atoms with E-state index in [1.165, 1.54) is 23.8 Å². The second kappa shape index (κ2) is 8.39. The van der Waals surface area contributed by atoms with Crippen LogP contribution in [0.15, 0.2) is 53.4 Å². The maximum Gasteiger partial charge on any atom is 0.270 e. The number of benzene rings is 2. The maximum absolute atomic E-state index is 12.5. The first kappa shape index (κ1) is 20.0. The summed E-state index contributed by atoms with van der Waals surface area (Å²) in [5.41, 5.74) is 1.95. The number of nitro groups is 1. The minimum atomic E-state index is -3.85. The monoisotopic (exact) mass is 377 g/mol. The molecule has 2 rings (SSSR count). The Kier molecular flexibility index (Phi) is 6.47. The summed E-state index contributed by atoms with van der Waals surface area (Å²) in [6, 6.07) is 12.9. The number of non-ortho nitro benzene ring substituents is 1. The van der Waals surface area contributed by atoms with Gasteiger partial charge in [-0.2, -0.15) is 0 Å². The van der Waals surface area contributed by atoms with E-state index >= 15 is 0 Å². The molecule has 0 heterocycles. The number of hydrogen-bond acceptors (Lipinski definition) is 5. The van der Waals surface area contributed by atoms with Crippen LogP contribution < -0.4 is 4.72 Å². The van der Waals surface area contributed by atoms with Crippen molar-refractivity contribution in [3.05, 3.63) is 69.8 Å². The fourth-order valence-electron chi connectivity index (χ4n) is 2.61. The number of nitrogens with one attached hydrogen (secondary N) is 1. The van der Waals surface area contributed by atoms with Crippen molar-refractivity contribution in [2.75, 3.05) is 20.6 Å². The molecular formula is C18H23N3O4S. The van der Waals surface area contributed by atoms with Crippen molar-refractivity contribution in [1.29, 1.82) is 0 Å². The van der Waals surface area contributed by atoms with Gasteiger partial charge >= 0.3 is 0 Å². The summed E-state index contributed by atoms with van der Waals surface area (Å²) in [6.07, 6.45) is 0.937. The molecule has 0 aliphatic rings. The third-order valence-corrected chi connectivity index (χ3v) is 5.62. The molecule has 1 unspecified atom stereocenters.